The van der Waals surface area contributed by atoms with E-state index in [1.54, 1.807) is 26.1 Å². The van der Waals surface area contributed by atoms with Crippen LogP contribution in [0.2, 0.25) is 0 Å². The average molecular weight is 294 g/mol. The Balaban J connectivity index is 2.63. The van der Waals surface area contributed by atoms with Crippen molar-refractivity contribution in [3.63, 3.8) is 0 Å². The van der Waals surface area contributed by atoms with Crippen LogP contribution in [0.1, 0.15) is 32.3 Å². The number of aromatic nitrogens is 1. The molecular weight excluding hydrogens is 272 g/mol. The Labute approximate surface area is 123 Å². The third kappa shape index (κ3) is 5.41. The number of amides is 1. The molecule has 0 radical (unpaired) electrons. The van der Waals surface area contributed by atoms with Crippen LogP contribution >= 0.6 is 0 Å². The molecule has 6 heteroatoms. The van der Waals surface area contributed by atoms with Crippen LogP contribution in [0.5, 0.6) is 0 Å². The van der Waals surface area contributed by atoms with Crippen molar-refractivity contribution in [1.82, 2.24) is 9.88 Å². The Bertz CT molecular complexity index is 575. The summed E-state index contributed by atoms with van der Waals surface area (Å²) < 4.78 is 1.52. The SMILES string of the molecule is Cc1ccc(=O)n(CC(C)(C)C(=O)NCCCC(=O)O)c1. The lowest BCUT2D eigenvalue weighted by atomic mass is 9.92. The quantitative estimate of drug-likeness (QED) is 0.739. The third-order valence-corrected chi connectivity index (χ3v) is 3.16. The topological polar surface area (TPSA) is 88.4 Å². The first kappa shape index (κ1) is 16.9. The van der Waals surface area contributed by atoms with Crippen molar-refractivity contribution in [2.75, 3.05) is 6.54 Å². The Morgan fingerprint density at radius 2 is 2.00 bits per heavy atom. The number of hydrogen-bond acceptors (Lipinski definition) is 3. The molecule has 0 aliphatic rings. The predicted molar refractivity (Wildman–Crippen MR) is 79.1 cm³/mol. The molecule has 116 valence electrons. The van der Waals surface area contributed by atoms with Crippen molar-refractivity contribution in [2.45, 2.75) is 40.2 Å². The van der Waals surface area contributed by atoms with E-state index in [-0.39, 0.29) is 24.4 Å². The van der Waals surface area contributed by atoms with Crippen molar-refractivity contribution in [2.24, 2.45) is 5.41 Å². The monoisotopic (exact) mass is 294 g/mol. The number of nitrogens with one attached hydrogen (secondary N) is 1. The summed E-state index contributed by atoms with van der Waals surface area (Å²) in [6, 6.07) is 3.22. The predicted octanol–water partition coefficient (Wildman–Crippen LogP) is 1.16. The largest absolute Gasteiger partial charge is 0.481 e. The fourth-order valence-corrected chi connectivity index (χ4v) is 1.95. The summed E-state index contributed by atoms with van der Waals surface area (Å²) in [5.41, 5.74) is 0.0560. The molecular formula is C15H22N2O4. The standard InChI is InChI=1S/C15H22N2O4/c1-11-6-7-12(18)17(9-11)10-15(2,3)14(21)16-8-4-5-13(19)20/h6-7,9H,4-5,8,10H2,1-3H3,(H,16,21)(H,19,20). The van der Waals surface area contributed by atoms with Gasteiger partial charge in [-0.15, -0.1) is 0 Å². The van der Waals surface area contributed by atoms with Gasteiger partial charge >= 0.3 is 5.97 Å². The van der Waals surface area contributed by atoms with Crippen molar-refractivity contribution < 1.29 is 14.7 Å². The first-order valence-corrected chi connectivity index (χ1v) is 6.89. The second-order valence-corrected chi connectivity index (χ2v) is 5.81. The van der Waals surface area contributed by atoms with Crippen LogP contribution < -0.4 is 10.9 Å². The van der Waals surface area contributed by atoms with Gasteiger partial charge in [-0.25, -0.2) is 0 Å². The molecule has 0 saturated carbocycles. The summed E-state index contributed by atoms with van der Waals surface area (Å²) in [7, 11) is 0. The van der Waals surface area contributed by atoms with Gasteiger partial charge in [-0.1, -0.05) is 6.07 Å². The zero-order chi connectivity index (χ0) is 16.0. The molecule has 0 saturated heterocycles. The van der Waals surface area contributed by atoms with E-state index in [0.29, 0.717) is 13.0 Å². The normalized spacial score (nSPS) is 11.2. The molecule has 2 N–H and O–H groups in total. The number of hydrogen-bond donors (Lipinski definition) is 2. The molecule has 0 aliphatic carbocycles. The number of aliphatic carboxylic acids is 1. The maximum atomic E-state index is 12.1. The van der Waals surface area contributed by atoms with Crippen LogP contribution in [0.4, 0.5) is 0 Å². The molecule has 1 heterocycles. The summed E-state index contributed by atoms with van der Waals surface area (Å²) in [6.45, 7) is 5.99. The Hall–Kier alpha value is -2.11. The number of carboxylic acid groups (broad SMARTS) is 1. The Morgan fingerprint density at radius 3 is 2.62 bits per heavy atom. The van der Waals surface area contributed by atoms with E-state index in [4.69, 9.17) is 5.11 Å². The molecule has 6 nitrogen and oxygen atoms in total. The molecule has 1 rings (SSSR count). The summed E-state index contributed by atoms with van der Waals surface area (Å²) >= 11 is 0. The highest BCUT2D eigenvalue weighted by Crippen LogP contribution is 2.17. The molecule has 0 bridgehead atoms. The molecule has 0 atom stereocenters. The number of carbonyl (C=O) groups is 2. The molecule has 0 aromatic carbocycles. The van der Waals surface area contributed by atoms with Gasteiger partial charge in [-0.3, -0.25) is 14.4 Å². The van der Waals surface area contributed by atoms with Crippen molar-refractivity contribution in [3.05, 3.63) is 34.2 Å². The summed E-state index contributed by atoms with van der Waals surface area (Å²) in [4.78, 5) is 34.3. The van der Waals surface area contributed by atoms with Crippen LogP contribution in [-0.4, -0.2) is 28.1 Å². The molecule has 1 amide bonds. The zero-order valence-electron chi connectivity index (χ0n) is 12.7. The molecule has 0 fully saturated rings. The van der Waals surface area contributed by atoms with Gasteiger partial charge in [-0.05, 0) is 32.8 Å². The number of aryl methyl sites for hydroxylation is 1. The van der Waals surface area contributed by atoms with Gasteiger partial charge in [0.15, 0.2) is 0 Å². The molecule has 0 aliphatic heterocycles. The van der Waals surface area contributed by atoms with Gasteiger partial charge in [0.2, 0.25) is 5.91 Å². The van der Waals surface area contributed by atoms with Gasteiger partial charge in [-0.2, -0.15) is 0 Å². The average Bonchev–Trinajstić information content (AvgIpc) is 2.38. The van der Waals surface area contributed by atoms with E-state index in [0.717, 1.165) is 5.56 Å². The van der Waals surface area contributed by atoms with E-state index in [9.17, 15) is 14.4 Å². The van der Waals surface area contributed by atoms with Gasteiger partial charge in [0.25, 0.3) is 5.56 Å². The van der Waals surface area contributed by atoms with Gasteiger partial charge in [0, 0.05) is 31.8 Å². The second-order valence-electron chi connectivity index (χ2n) is 5.81. The number of nitrogens with zero attached hydrogens (tertiary/aromatic N) is 1. The van der Waals surface area contributed by atoms with E-state index in [2.05, 4.69) is 5.32 Å². The van der Waals surface area contributed by atoms with Crippen LogP contribution in [0.25, 0.3) is 0 Å². The fraction of sp³-hybridized carbons (Fsp3) is 0.533. The van der Waals surface area contributed by atoms with Gasteiger partial charge in [0.05, 0.1) is 5.41 Å². The first-order valence-electron chi connectivity index (χ1n) is 6.89. The van der Waals surface area contributed by atoms with Crippen LogP contribution in [0.15, 0.2) is 23.1 Å². The van der Waals surface area contributed by atoms with Crippen molar-refractivity contribution in [1.29, 1.82) is 0 Å². The minimum Gasteiger partial charge on any atom is -0.481 e. The highest BCUT2D eigenvalue weighted by atomic mass is 16.4. The fourth-order valence-electron chi connectivity index (χ4n) is 1.95. The number of rotatable bonds is 7. The lowest BCUT2D eigenvalue weighted by Crippen LogP contribution is -2.41. The Kier molecular flexibility index (Phi) is 5.69. The van der Waals surface area contributed by atoms with Crippen LogP contribution in [0, 0.1) is 12.3 Å². The van der Waals surface area contributed by atoms with Crippen LogP contribution in [-0.2, 0) is 16.1 Å². The molecule has 21 heavy (non-hydrogen) atoms. The summed E-state index contributed by atoms with van der Waals surface area (Å²) in [5.74, 6) is -1.07. The third-order valence-electron chi connectivity index (χ3n) is 3.16. The summed E-state index contributed by atoms with van der Waals surface area (Å²) in [5, 5.41) is 11.3. The second kappa shape index (κ2) is 7.06. The lowest BCUT2D eigenvalue weighted by Gasteiger charge is -2.24. The minimum atomic E-state index is -0.880. The maximum Gasteiger partial charge on any atom is 0.303 e. The highest BCUT2D eigenvalue weighted by molar-refractivity contribution is 5.81. The van der Waals surface area contributed by atoms with Crippen molar-refractivity contribution in [3.8, 4) is 0 Å². The van der Waals surface area contributed by atoms with Gasteiger partial charge in [0.1, 0.15) is 0 Å². The maximum absolute atomic E-state index is 12.1. The zero-order valence-corrected chi connectivity index (χ0v) is 12.7. The number of carboxylic acids is 1. The lowest BCUT2D eigenvalue weighted by molar-refractivity contribution is -0.137. The Morgan fingerprint density at radius 1 is 1.33 bits per heavy atom. The molecule has 0 spiro atoms. The number of pyridine rings is 1. The minimum absolute atomic E-state index is 0.0258. The number of carbonyl (C=O) groups excluding carboxylic acids is 1. The summed E-state index contributed by atoms with van der Waals surface area (Å²) in [6.07, 6.45) is 2.14. The first-order chi connectivity index (χ1) is 9.72. The smallest absolute Gasteiger partial charge is 0.303 e. The van der Waals surface area contributed by atoms with Gasteiger partial charge < -0.3 is 15.0 Å². The molecule has 1 aromatic rings. The molecule has 1 aromatic heterocycles. The van der Waals surface area contributed by atoms with Crippen molar-refractivity contribution >= 4 is 11.9 Å². The molecule has 0 unspecified atom stereocenters. The van der Waals surface area contributed by atoms with E-state index in [1.807, 2.05) is 6.92 Å². The van der Waals surface area contributed by atoms with Crippen LogP contribution in [0.3, 0.4) is 0 Å². The van der Waals surface area contributed by atoms with E-state index >= 15 is 0 Å². The van der Waals surface area contributed by atoms with E-state index < -0.39 is 11.4 Å². The van der Waals surface area contributed by atoms with E-state index in [1.165, 1.54) is 10.6 Å². The highest BCUT2D eigenvalue weighted by Gasteiger charge is 2.28.